The molecular weight excluding hydrogens is 526 g/mol. The summed E-state index contributed by atoms with van der Waals surface area (Å²) >= 11 is 0. The molecule has 0 radical (unpaired) electrons. The third kappa shape index (κ3) is 7.70. The lowest BCUT2D eigenvalue weighted by Gasteiger charge is -2.20. The van der Waals surface area contributed by atoms with Crippen molar-refractivity contribution in [1.29, 1.82) is 0 Å². The van der Waals surface area contributed by atoms with Gasteiger partial charge in [-0.05, 0) is 66.5 Å². The van der Waals surface area contributed by atoms with E-state index in [0.717, 1.165) is 16.7 Å². The first kappa shape index (κ1) is 31.7. The van der Waals surface area contributed by atoms with Crippen molar-refractivity contribution in [3.05, 3.63) is 45.6 Å². The molecule has 1 aliphatic rings. The SMILES string of the molecule is COCCCNC(=O)C(CC(C)C)Nc1ccc2c(cc1=O)C(NC(C)=O)CCc1cc(OC)c(OC)c(OC)c1-2. The molecule has 0 spiro atoms. The summed E-state index contributed by atoms with van der Waals surface area (Å²) in [6, 6.07) is 5.97. The van der Waals surface area contributed by atoms with E-state index in [2.05, 4.69) is 16.0 Å². The zero-order valence-corrected chi connectivity index (χ0v) is 25.1. The average Bonchev–Trinajstić information content (AvgIpc) is 3.17. The second kappa shape index (κ2) is 14.7. The van der Waals surface area contributed by atoms with E-state index >= 15 is 0 Å². The molecule has 0 fully saturated rings. The first-order valence-electron chi connectivity index (χ1n) is 14.0. The minimum atomic E-state index is -0.607. The third-order valence-corrected chi connectivity index (χ3v) is 7.09. The van der Waals surface area contributed by atoms with Crippen LogP contribution in [0, 0.1) is 5.92 Å². The second-order valence-corrected chi connectivity index (χ2v) is 10.6. The lowest BCUT2D eigenvalue weighted by Crippen LogP contribution is -2.41. The van der Waals surface area contributed by atoms with Crippen LogP contribution in [0.25, 0.3) is 11.1 Å². The number of ether oxygens (including phenoxy) is 4. The first-order chi connectivity index (χ1) is 19.6. The molecule has 0 heterocycles. The highest BCUT2D eigenvalue weighted by Crippen LogP contribution is 2.50. The van der Waals surface area contributed by atoms with Crippen LogP contribution in [-0.4, -0.2) is 59.4 Å². The number of methoxy groups -OCH3 is 4. The Kier molecular flexibility index (Phi) is 11.4. The van der Waals surface area contributed by atoms with Crippen molar-refractivity contribution >= 4 is 17.5 Å². The molecule has 2 atom stereocenters. The molecule has 2 unspecified atom stereocenters. The summed E-state index contributed by atoms with van der Waals surface area (Å²) in [5.41, 5.74) is 3.10. The third-order valence-electron chi connectivity index (χ3n) is 7.09. The van der Waals surface area contributed by atoms with Crippen LogP contribution in [0.4, 0.5) is 5.69 Å². The summed E-state index contributed by atoms with van der Waals surface area (Å²) in [4.78, 5) is 38.9. The van der Waals surface area contributed by atoms with Crippen molar-refractivity contribution in [2.45, 2.75) is 58.5 Å². The van der Waals surface area contributed by atoms with Crippen LogP contribution in [0.2, 0.25) is 0 Å². The van der Waals surface area contributed by atoms with Gasteiger partial charge in [0.2, 0.25) is 23.0 Å². The Morgan fingerprint density at radius 2 is 1.76 bits per heavy atom. The molecule has 0 aliphatic heterocycles. The monoisotopic (exact) mass is 569 g/mol. The van der Waals surface area contributed by atoms with Crippen LogP contribution < -0.4 is 35.6 Å². The number of aryl methyl sites for hydroxylation is 1. The first-order valence-corrected chi connectivity index (χ1v) is 14.0. The number of hydrogen-bond acceptors (Lipinski definition) is 8. The second-order valence-electron chi connectivity index (χ2n) is 10.6. The zero-order valence-electron chi connectivity index (χ0n) is 25.1. The van der Waals surface area contributed by atoms with Gasteiger partial charge in [0.15, 0.2) is 11.5 Å². The maximum absolute atomic E-state index is 13.7. The fraction of sp³-hybridized carbons (Fsp3) is 0.516. The molecule has 1 aliphatic carbocycles. The smallest absolute Gasteiger partial charge is 0.242 e. The van der Waals surface area contributed by atoms with Crippen LogP contribution in [0.3, 0.4) is 0 Å². The van der Waals surface area contributed by atoms with Gasteiger partial charge >= 0.3 is 0 Å². The fourth-order valence-electron chi connectivity index (χ4n) is 5.27. The Bertz CT molecular complexity index is 1300. The number of nitrogens with one attached hydrogen (secondary N) is 3. The van der Waals surface area contributed by atoms with Crippen LogP contribution in [0.15, 0.2) is 29.1 Å². The molecular formula is C31H43N3O7. The highest BCUT2D eigenvalue weighted by molar-refractivity contribution is 5.86. The number of carbonyl (C=O) groups is 2. The summed E-state index contributed by atoms with van der Waals surface area (Å²) in [6.45, 7) is 6.54. The van der Waals surface area contributed by atoms with Crippen molar-refractivity contribution in [2.24, 2.45) is 5.92 Å². The molecule has 0 saturated heterocycles. The number of anilines is 1. The summed E-state index contributed by atoms with van der Waals surface area (Å²) in [5, 5.41) is 9.16. The Hall–Kier alpha value is -3.79. The largest absolute Gasteiger partial charge is 0.493 e. The topological polar surface area (TPSA) is 124 Å². The van der Waals surface area contributed by atoms with Crippen LogP contribution in [-0.2, 0) is 20.7 Å². The number of rotatable bonds is 13. The van der Waals surface area contributed by atoms with Gasteiger partial charge in [-0.25, -0.2) is 0 Å². The molecule has 41 heavy (non-hydrogen) atoms. The molecule has 0 bridgehead atoms. The maximum atomic E-state index is 13.7. The van der Waals surface area contributed by atoms with E-state index in [1.165, 1.54) is 6.92 Å². The van der Waals surface area contributed by atoms with Crippen molar-refractivity contribution in [3.8, 4) is 28.4 Å². The van der Waals surface area contributed by atoms with Gasteiger partial charge in [-0.2, -0.15) is 0 Å². The molecule has 2 aromatic rings. The lowest BCUT2D eigenvalue weighted by molar-refractivity contribution is -0.122. The van der Waals surface area contributed by atoms with E-state index in [-0.39, 0.29) is 23.2 Å². The van der Waals surface area contributed by atoms with Crippen LogP contribution >= 0.6 is 0 Å². The number of carbonyl (C=O) groups excluding carboxylic acids is 2. The van der Waals surface area contributed by atoms with E-state index in [0.29, 0.717) is 67.3 Å². The van der Waals surface area contributed by atoms with Gasteiger partial charge in [0, 0.05) is 32.7 Å². The molecule has 2 aromatic carbocycles. The van der Waals surface area contributed by atoms with Crippen LogP contribution in [0.5, 0.6) is 17.2 Å². The van der Waals surface area contributed by atoms with Gasteiger partial charge in [0.1, 0.15) is 6.04 Å². The minimum absolute atomic E-state index is 0.178. The summed E-state index contributed by atoms with van der Waals surface area (Å²) in [6.07, 6.45) is 2.39. The Morgan fingerprint density at radius 1 is 1.02 bits per heavy atom. The van der Waals surface area contributed by atoms with E-state index in [1.807, 2.05) is 26.0 Å². The fourth-order valence-corrected chi connectivity index (χ4v) is 5.27. The van der Waals surface area contributed by atoms with Crippen molar-refractivity contribution < 1.29 is 28.5 Å². The zero-order chi connectivity index (χ0) is 30.1. The summed E-state index contributed by atoms with van der Waals surface area (Å²) < 4.78 is 22.2. The standard InChI is InChI=1S/C31H43N3O7/c1-18(2)15-25(31(37)32-13-8-14-38-4)34-24-12-10-21-22(17-26(24)36)23(33-19(3)35)11-9-20-16-27(39-5)29(40-6)30(41-7)28(20)21/h10,12,16-18,23,25H,8-9,11,13-15H2,1-7H3,(H,32,37)(H,33,35)(H,34,36). The minimum Gasteiger partial charge on any atom is -0.493 e. The normalized spacial score (nSPS) is 14.7. The number of fused-ring (bicyclic) bond motifs is 3. The van der Waals surface area contributed by atoms with E-state index in [9.17, 15) is 14.4 Å². The van der Waals surface area contributed by atoms with Gasteiger partial charge in [0.25, 0.3) is 0 Å². The van der Waals surface area contributed by atoms with E-state index in [1.54, 1.807) is 40.6 Å². The Balaban J connectivity index is 2.17. The lowest BCUT2D eigenvalue weighted by atomic mass is 9.95. The van der Waals surface area contributed by atoms with Gasteiger partial charge < -0.3 is 34.9 Å². The molecule has 0 aromatic heterocycles. The molecule has 0 saturated carbocycles. The maximum Gasteiger partial charge on any atom is 0.242 e. The van der Waals surface area contributed by atoms with Gasteiger partial charge in [-0.3, -0.25) is 14.4 Å². The predicted molar refractivity (Wildman–Crippen MR) is 159 cm³/mol. The molecule has 3 rings (SSSR count). The van der Waals surface area contributed by atoms with Crippen LogP contribution in [0.1, 0.15) is 57.2 Å². The number of amides is 2. The summed E-state index contributed by atoms with van der Waals surface area (Å²) in [5.74, 6) is 1.28. The molecule has 224 valence electrons. The van der Waals surface area contributed by atoms with E-state index in [4.69, 9.17) is 18.9 Å². The van der Waals surface area contributed by atoms with Crippen molar-refractivity contribution in [2.75, 3.05) is 46.9 Å². The highest BCUT2D eigenvalue weighted by Gasteiger charge is 2.30. The van der Waals surface area contributed by atoms with E-state index < -0.39 is 12.1 Å². The van der Waals surface area contributed by atoms with Gasteiger partial charge in [0.05, 0.1) is 33.1 Å². The summed E-state index contributed by atoms with van der Waals surface area (Å²) in [7, 11) is 6.29. The Labute approximate surface area is 242 Å². The molecule has 10 nitrogen and oxygen atoms in total. The van der Waals surface area contributed by atoms with Gasteiger partial charge in [-0.15, -0.1) is 0 Å². The predicted octanol–water partition coefficient (Wildman–Crippen LogP) is 3.84. The van der Waals surface area contributed by atoms with Gasteiger partial charge in [-0.1, -0.05) is 19.9 Å². The quantitative estimate of drug-likeness (QED) is 0.311. The Morgan fingerprint density at radius 3 is 2.37 bits per heavy atom. The van der Waals surface area contributed by atoms with Crippen molar-refractivity contribution in [1.82, 2.24) is 10.6 Å². The molecule has 10 heteroatoms. The molecule has 3 N–H and O–H groups in total. The molecule has 2 amide bonds. The number of hydrogen-bond donors (Lipinski definition) is 3. The average molecular weight is 570 g/mol. The number of benzene rings is 1. The van der Waals surface area contributed by atoms with Crippen molar-refractivity contribution in [3.63, 3.8) is 0 Å². The highest BCUT2D eigenvalue weighted by atomic mass is 16.5.